The molecule has 2 aromatic carbocycles. The molecule has 1 N–H and O–H groups in total. The van der Waals surface area contributed by atoms with Gasteiger partial charge in [-0.3, -0.25) is 4.79 Å². The van der Waals surface area contributed by atoms with E-state index in [0.717, 1.165) is 23.1 Å². The first-order valence-electron chi connectivity index (χ1n) is 8.87. The van der Waals surface area contributed by atoms with Gasteiger partial charge in [0.1, 0.15) is 0 Å². The van der Waals surface area contributed by atoms with Crippen molar-refractivity contribution in [1.29, 1.82) is 0 Å². The first-order valence-corrected chi connectivity index (χ1v) is 9.86. The van der Waals surface area contributed by atoms with Crippen molar-refractivity contribution in [3.63, 3.8) is 0 Å². The minimum Gasteiger partial charge on any atom is -0.411 e. The van der Waals surface area contributed by atoms with Gasteiger partial charge in [0.2, 0.25) is 11.8 Å². The number of benzene rings is 2. The van der Waals surface area contributed by atoms with Crippen LogP contribution in [-0.2, 0) is 11.2 Å². The number of hydrogen-bond donors (Lipinski definition) is 1. The van der Waals surface area contributed by atoms with Crippen molar-refractivity contribution in [3.8, 4) is 11.5 Å². The third kappa shape index (κ3) is 5.44. The molecule has 0 bridgehead atoms. The van der Waals surface area contributed by atoms with Crippen LogP contribution in [0.1, 0.15) is 22.3 Å². The van der Waals surface area contributed by atoms with Crippen molar-refractivity contribution in [2.75, 3.05) is 12.3 Å². The summed E-state index contributed by atoms with van der Waals surface area (Å²) in [6.45, 7) is 6.76. The lowest BCUT2D eigenvalue weighted by molar-refractivity contribution is -0.118. The lowest BCUT2D eigenvalue weighted by Gasteiger charge is -2.06. The molecule has 3 aromatic rings. The number of hydrogen-bond acceptors (Lipinski definition) is 5. The van der Waals surface area contributed by atoms with Crippen molar-refractivity contribution >= 4 is 17.7 Å². The van der Waals surface area contributed by atoms with E-state index in [1.165, 1.54) is 22.9 Å². The minimum atomic E-state index is -0.0419. The molecule has 0 aliphatic rings. The van der Waals surface area contributed by atoms with E-state index < -0.39 is 0 Å². The first-order chi connectivity index (χ1) is 13.0. The average molecular weight is 382 g/mol. The van der Waals surface area contributed by atoms with E-state index in [-0.39, 0.29) is 11.7 Å². The standard InChI is InChI=1S/C21H23N3O2S/c1-14-10-15(2)12-18(11-14)20-23-24-21(26-20)27-13-19(25)22-9-8-17-7-5-4-6-16(17)3/h4-7,10-12H,8-9,13H2,1-3H3,(H,22,25). The van der Waals surface area contributed by atoms with Gasteiger partial charge in [0.15, 0.2) is 0 Å². The third-order valence-corrected chi connectivity index (χ3v) is 5.00. The van der Waals surface area contributed by atoms with Gasteiger partial charge < -0.3 is 9.73 Å². The summed E-state index contributed by atoms with van der Waals surface area (Å²) in [5, 5.41) is 11.5. The fraction of sp³-hybridized carbons (Fsp3) is 0.286. The molecule has 0 aliphatic heterocycles. The predicted molar refractivity (Wildman–Crippen MR) is 108 cm³/mol. The third-order valence-electron chi connectivity index (χ3n) is 4.18. The zero-order valence-electron chi connectivity index (χ0n) is 15.8. The number of nitrogens with zero attached hydrogens (tertiary/aromatic N) is 2. The monoisotopic (exact) mass is 381 g/mol. The van der Waals surface area contributed by atoms with Gasteiger partial charge in [-0.05, 0) is 50.5 Å². The summed E-state index contributed by atoms with van der Waals surface area (Å²) in [5.74, 6) is 0.686. The van der Waals surface area contributed by atoms with Crippen LogP contribution < -0.4 is 5.32 Å². The van der Waals surface area contributed by atoms with E-state index in [0.29, 0.717) is 17.7 Å². The Morgan fingerprint density at radius 3 is 2.56 bits per heavy atom. The van der Waals surface area contributed by atoms with Crippen LogP contribution in [0.4, 0.5) is 0 Å². The predicted octanol–water partition coefficient (Wildman–Crippen LogP) is 4.11. The lowest BCUT2D eigenvalue weighted by atomic mass is 10.1. The molecular weight excluding hydrogens is 358 g/mol. The molecule has 0 fully saturated rings. The highest BCUT2D eigenvalue weighted by atomic mass is 32.2. The van der Waals surface area contributed by atoms with E-state index in [2.05, 4.69) is 40.6 Å². The minimum absolute atomic E-state index is 0.0419. The van der Waals surface area contributed by atoms with Crippen LogP contribution in [0.15, 0.2) is 52.1 Å². The lowest BCUT2D eigenvalue weighted by Crippen LogP contribution is -2.27. The van der Waals surface area contributed by atoms with Crippen molar-refractivity contribution in [3.05, 3.63) is 64.7 Å². The Hall–Kier alpha value is -2.60. The topological polar surface area (TPSA) is 68.0 Å². The summed E-state index contributed by atoms with van der Waals surface area (Å²) < 4.78 is 5.68. The van der Waals surface area contributed by atoms with E-state index in [4.69, 9.17) is 4.42 Å². The highest BCUT2D eigenvalue weighted by Crippen LogP contribution is 2.24. The number of nitrogens with one attached hydrogen (secondary N) is 1. The molecule has 1 aromatic heterocycles. The summed E-state index contributed by atoms with van der Waals surface area (Å²) in [6.07, 6.45) is 0.820. The average Bonchev–Trinajstić information content (AvgIpc) is 3.10. The van der Waals surface area contributed by atoms with Crippen molar-refractivity contribution < 1.29 is 9.21 Å². The summed E-state index contributed by atoms with van der Waals surface area (Å²) in [4.78, 5) is 12.0. The highest BCUT2D eigenvalue weighted by Gasteiger charge is 2.12. The molecule has 5 nitrogen and oxygen atoms in total. The summed E-state index contributed by atoms with van der Waals surface area (Å²) in [6, 6.07) is 14.3. The molecule has 1 heterocycles. The number of amides is 1. The maximum Gasteiger partial charge on any atom is 0.277 e. The Bertz CT molecular complexity index is 916. The Morgan fingerprint density at radius 2 is 1.81 bits per heavy atom. The van der Waals surface area contributed by atoms with Crippen molar-refractivity contribution in [1.82, 2.24) is 15.5 Å². The van der Waals surface area contributed by atoms with Crippen LogP contribution in [0, 0.1) is 20.8 Å². The molecule has 0 aliphatic carbocycles. The normalized spacial score (nSPS) is 10.8. The molecular formula is C21H23N3O2S. The second-order valence-electron chi connectivity index (χ2n) is 6.56. The van der Waals surface area contributed by atoms with Gasteiger partial charge in [-0.25, -0.2) is 0 Å². The van der Waals surface area contributed by atoms with Crippen LogP contribution in [0.2, 0.25) is 0 Å². The van der Waals surface area contributed by atoms with Crippen LogP contribution in [0.3, 0.4) is 0 Å². The maximum absolute atomic E-state index is 12.0. The van der Waals surface area contributed by atoms with Crippen molar-refractivity contribution in [2.24, 2.45) is 0 Å². The summed E-state index contributed by atoms with van der Waals surface area (Å²) in [5.41, 5.74) is 5.68. The van der Waals surface area contributed by atoms with Gasteiger partial charge in [0, 0.05) is 12.1 Å². The molecule has 0 spiro atoms. The fourth-order valence-electron chi connectivity index (χ4n) is 2.89. The highest BCUT2D eigenvalue weighted by molar-refractivity contribution is 7.99. The molecule has 140 valence electrons. The Labute approximate surface area is 163 Å². The smallest absolute Gasteiger partial charge is 0.277 e. The molecule has 3 rings (SSSR count). The van der Waals surface area contributed by atoms with Gasteiger partial charge >= 0.3 is 0 Å². The summed E-state index contributed by atoms with van der Waals surface area (Å²) >= 11 is 1.25. The number of thioether (sulfide) groups is 1. The molecule has 0 saturated heterocycles. The first kappa shape index (κ1) is 19.2. The van der Waals surface area contributed by atoms with E-state index >= 15 is 0 Å². The molecule has 27 heavy (non-hydrogen) atoms. The quantitative estimate of drug-likeness (QED) is 0.624. The summed E-state index contributed by atoms with van der Waals surface area (Å²) in [7, 11) is 0. The molecule has 0 saturated carbocycles. The second kappa shape index (κ2) is 8.86. The van der Waals surface area contributed by atoms with Gasteiger partial charge in [-0.15, -0.1) is 10.2 Å². The fourth-order valence-corrected chi connectivity index (χ4v) is 3.48. The van der Waals surface area contributed by atoms with Gasteiger partial charge in [-0.1, -0.05) is 53.2 Å². The zero-order chi connectivity index (χ0) is 19.2. The maximum atomic E-state index is 12.0. The second-order valence-corrected chi connectivity index (χ2v) is 7.49. The number of carbonyl (C=O) groups is 1. The van der Waals surface area contributed by atoms with E-state index in [9.17, 15) is 4.79 Å². The van der Waals surface area contributed by atoms with Crippen LogP contribution in [-0.4, -0.2) is 28.4 Å². The number of aromatic nitrogens is 2. The van der Waals surface area contributed by atoms with E-state index in [1.807, 2.05) is 38.1 Å². The van der Waals surface area contributed by atoms with Crippen LogP contribution >= 0.6 is 11.8 Å². The molecule has 0 atom stereocenters. The van der Waals surface area contributed by atoms with Crippen LogP contribution in [0.5, 0.6) is 0 Å². The zero-order valence-corrected chi connectivity index (χ0v) is 16.6. The van der Waals surface area contributed by atoms with E-state index in [1.54, 1.807) is 0 Å². The molecule has 6 heteroatoms. The number of carbonyl (C=O) groups excluding carboxylic acids is 1. The molecule has 0 radical (unpaired) electrons. The SMILES string of the molecule is Cc1cc(C)cc(-c2nnc(SCC(=O)NCCc3ccccc3C)o2)c1. The number of aryl methyl sites for hydroxylation is 3. The molecule has 0 unspecified atom stereocenters. The Kier molecular flexibility index (Phi) is 6.29. The Morgan fingerprint density at radius 1 is 1.07 bits per heavy atom. The van der Waals surface area contributed by atoms with Crippen LogP contribution in [0.25, 0.3) is 11.5 Å². The number of rotatable bonds is 7. The van der Waals surface area contributed by atoms with Gasteiger partial charge in [0.25, 0.3) is 5.22 Å². The van der Waals surface area contributed by atoms with Gasteiger partial charge in [0.05, 0.1) is 5.75 Å². The van der Waals surface area contributed by atoms with Gasteiger partial charge in [-0.2, -0.15) is 0 Å². The largest absolute Gasteiger partial charge is 0.411 e. The molecule has 1 amide bonds. The Balaban J connectivity index is 1.48. The van der Waals surface area contributed by atoms with Crippen molar-refractivity contribution in [2.45, 2.75) is 32.4 Å².